The van der Waals surface area contributed by atoms with Crippen LogP contribution in [0.15, 0.2) is 18.2 Å². The van der Waals surface area contributed by atoms with Gasteiger partial charge in [-0.15, -0.1) is 0 Å². The fourth-order valence-electron chi connectivity index (χ4n) is 4.32. The molecule has 132 valence electrons. The zero-order valence-corrected chi connectivity index (χ0v) is 14.4. The first-order valence-corrected chi connectivity index (χ1v) is 9.31. The number of hydrogen-bond donors (Lipinski definition) is 0. The van der Waals surface area contributed by atoms with E-state index in [4.69, 9.17) is 14.5 Å². The Morgan fingerprint density at radius 1 is 1.08 bits per heavy atom. The molecule has 2 aromatic rings. The first-order valence-electron chi connectivity index (χ1n) is 9.31. The standard InChI is InChI=1S/C19H23N3O3/c23-18(21-9-6-19(7-10-21)24-11-12-25-19)14-4-5-16-15(13-14)20-17-3-1-2-8-22(16)17/h4-5,13H,1-3,6-12H2. The van der Waals surface area contributed by atoms with Gasteiger partial charge in [0, 0.05) is 44.5 Å². The number of likely N-dealkylation sites (tertiary alicyclic amines) is 1. The molecule has 1 spiro atoms. The van der Waals surface area contributed by atoms with Crippen molar-refractivity contribution in [1.29, 1.82) is 0 Å². The lowest BCUT2D eigenvalue weighted by molar-refractivity contribution is -0.181. The largest absolute Gasteiger partial charge is 0.347 e. The number of amides is 1. The Kier molecular flexibility index (Phi) is 3.57. The second-order valence-electron chi connectivity index (χ2n) is 7.24. The van der Waals surface area contributed by atoms with E-state index in [9.17, 15) is 4.79 Å². The molecule has 1 aromatic carbocycles. The number of carbonyl (C=O) groups excluding carboxylic acids is 1. The third kappa shape index (κ3) is 2.55. The van der Waals surface area contributed by atoms with Crippen molar-refractivity contribution >= 4 is 16.9 Å². The first kappa shape index (κ1) is 15.3. The summed E-state index contributed by atoms with van der Waals surface area (Å²) in [5.41, 5.74) is 2.82. The molecule has 0 unspecified atom stereocenters. The number of nitrogens with zero attached hydrogens (tertiary/aromatic N) is 3. The molecule has 1 amide bonds. The lowest BCUT2D eigenvalue weighted by atomic mass is 10.0. The number of piperidine rings is 1. The lowest BCUT2D eigenvalue weighted by Gasteiger charge is -2.37. The van der Waals surface area contributed by atoms with Crippen LogP contribution in [0.1, 0.15) is 41.9 Å². The molecule has 2 saturated heterocycles. The van der Waals surface area contributed by atoms with Crippen molar-refractivity contribution in [3.8, 4) is 0 Å². The molecule has 3 aliphatic rings. The Bertz CT molecular complexity index is 813. The van der Waals surface area contributed by atoms with Crippen molar-refractivity contribution in [1.82, 2.24) is 14.5 Å². The Labute approximate surface area is 146 Å². The van der Waals surface area contributed by atoms with Gasteiger partial charge in [0.1, 0.15) is 5.82 Å². The molecule has 3 aliphatic heterocycles. The highest BCUT2D eigenvalue weighted by atomic mass is 16.7. The number of carbonyl (C=O) groups is 1. The molecular weight excluding hydrogens is 318 g/mol. The monoisotopic (exact) mass is 341 g/mol. The van der Waals surface area contributed by atoms with Crippen molar-refractivity contribution in [3.05, 3.63) is 29.6 Å². The fourth-order valence-corrected chi connectivity index (χ4v) is 4.32. The molecule has 0 aliphatic carbocycles. The van der Waals surface area contributed by atoms with E-state index in [2.05, 4.69) is 10.6 Å². The second kappa shape index (κ2) is 5.81. The van der Waals surface area contributed by atoms with Gasteiger partial charge in [0.05, 0.1) is 24.2 Å². The van der Waals surface area contributed by atoms with Crippen LogP contribution < -0.4 is 0 Å². The molecule has 0 bridgehead atoms. The summed E-state index contributed by atoms with van der Waals surface area (Å²) in [5.74, 6) is 0.797. The van der Waals surface area contributed by atoms with Crippen molar-refractivity contribution in [2.24, 2.45) is 0 Å². The molecule has 6 nitrogen and oxygen atoms in total. The maximum Gasteiger partial charge on any atom is 0.253 e. The van der Waals surface area contributed by atoms with Crippen molar-refractivity contribution in [2.45, 2.75) is 44.4 Å². The number of fused-ring (bicyclic) bond motifs is 3. The van der Waals surface area contributed by atoms with Crippen LogP contribution in [-0.4, -0.2) is 52.4 Å². The average Bonchev–Trinajstić information content (AvgIpc) is 3.25. The van der Waals surface area contributed by atoms with E-state index in [1.807, 2.05) is 17.0 Å². The van der Waals surface area contributed by atoms with Crippen LogP contribution in [-0.2, 0) is 22.4 Å². The Morgan fingerprint density at radius 3 is 2.68 bits per heavy atom. The highest BCUT2D eigenvalue weighted by molar-refractivity contribution is 5.97. The molecule has 0 atom stereocenters. The van der Waals surface area contributed by atoms with E-state index in [0.717, 1.165) is 48.2 Å². The van der Waals surface area contributed by atoms with Gasteiger partial charge in [0.15, 0.2) is 5.79 Å². The maximum atomic E-state index is 12.9. The van der Waals surface area contributed by atoms with Crippen molar-refractivity contribution < 1.29 is 14.3 Å². The first-order chi connectivity index (χ1) is 12.2. The minimum Gasteiger partial charge on any atom is -0.347 e. The number of imidazole rings is 1. The van der Waals surface area contributed by atoms with Crippen LogP contribution in [0.25, 0.3) is 11.0 Å². The smallest absolute Gasteiger partial charge is 0.253 e. The molecule has 2 fully saturated rings. The van der Waals surface area contributed by atoms with Crippen LogP contribution in [0.5, 0.6) is 0 Å². The van der Waals surface area contributed by atoms with Gasteiger partial charge in [-0.05, 0) is 31.0 Å². The normalized spacial score (nSPS) is 22.5. The van der Waals surface area contributed by atoms with Crippen LogP contribution in [0, 0.1) is 0 Å². The van der Waals surface area contributed by atoms with Gasteiger partial charge in [0.2, 0.25) is 0 Å². The summed E-state index contributed by atoms with van der Waals surface area (Å²) in [5, 5.41) is 0. The molecule has 4 heterocycles. The van der Waals surface area contributed by atoms with Gasteiger partial charge in [-0.25, -0.2) is 4.98 Å². The van der Waals surface area contributed by atoms with Gasteiger partial charge in [-0.1, -0.05) is 0 Å². The minimum absolute atomic E-state index is 0.0840. The van der Waals surface area contributed by atoms with Gasteiger partial charge >= 0.3 is 0 Å². The van der Waals surface area contributed by atoms with Crippen LogP contribution in [0.2, 0.25) is 0 Å². The number of rotatable bonds is 1. The second-order valence-corrected chi connectivity index (χ2v) is 7.24. The highest BCUT2D eigenvalue weighted by Crippen LogP contribution is 2.32. The number of hydrogen-bond acceptors (Lipinski definition) is 4. The van der Waals surface area contributed by atoms with Gasteiger partial charge < -0.3 is 18.9 Å². The molecular formula is C19H23N3O3. The predicted molar refractivity (Wildman–Crippen MR) is 92.4 cm³/mol. The van der Waals surface area contributed by atoms with E-state index in [-0.39, 0.29) is 5.91 Å². The summed E-state index contributed by atoms with van der Waals surface area (Å²) in [4.78, 5) is 19.6. The van der Waals surface area contributed by atoms with E-state index >= 15 is 0 Å². The summed E-state index contributed by atoms with van der Waals surface area (Å²) in [6.45, 7) is 3.71. The molecule has 25 heavy (non-hydrogen) atoms. The number of aromatic nitrogens is 2. The SMILES string of the molecule is O=C(c1ccc2c(c1)nc1n2CCCC1)N1CCC2(CC1)OCCO2. The van der Waals surface area contributed by atoms with Gasteiger partial charge in [-0.3, -0.25) is 4.79 Å². The number of ether oxygens (including phenoxy) is 2. The fraction of sp³-hybridized carbons (Fsp3) is 0.579. The molecule has 6 heteroatoms. The molecule has 0 N–H and O–H groups in total. The van der Waals surface area contributed by atoms with Crippen molar-refractivity contribution in [2.75, 3.05) is 26.3 Å². The Balaban J connectivity index is 1.37. The van der Waals surface area contributed by atoms with Gasteiger partial charge in [0.25, 0.3) is 5.91 Å². The lowest BCUT2D eigenvalue weighted by Crippen LogP contribution is -2.47. The molecule has 1 aromatic heterocycles. The van der Waals surface area contributed by atoms with E-state index in [1.54, 1.807) is 0 Å². The van der Waals surface area contributed by atoms with E-state index < -0.39 is 5.79 Å². The Hall–Kier alpha value is -1.92. The topological polar surface area (TPSA) is 56.6 Å². The molecule has 0 radical (unpaired) electrons. The Morgan fingerprint density at radius 2 is 1.88 bits per heavy atom. The third-order valence-corrected chi connectivity index (χ3v) is 5.73. The minimum atomic E-state index is -0.441. The third-order valence-electron chi connectivity index (χ3n) is 5.73. The summed E-state index contributed by atoms with van der Waals surface area (Å²) in [6.07, 6.45) is 4.94. The quantitative estimate of drug-likeness (QED) is 0.799. The average molecular weight is 341 g/mol. The number of aryl methyl sites for hydroxylation is 2. The van der Waals surface area contributed by atoms with E-state index in [1.165, 1.54) is 12.8 Å². The number of benzene rings is 1. The summed E-state index contributed by atoms with van der Waals surface area (Å²) in [7, 11) is 0. The maximum absolute atomic E-state index is 12.9. The van der Waals surface area contributed by atoms with Crippen molar-refractivity contribution in [3.63, 3.8) is 0 Å². The highest BCUT2D eigenvalue weighted by Gasteiger charge is 2.40. The molecule has 0 saturated carbocycles. The molecule has 5 rings (SSSR count). The van der Waals surface area contributed by atoms with Crippen LogP contribution in [0.4, 0.5) is 0 Å². The summed E-state index contributed by atoms with van der Waals surface area (Å²) in [6, 6.07) is 5.95. The predicted octanol–water partition coefficient (Wildman–Crippen LogP) is 2.35. The van der Waals surface area contributed by atoms with Gasteiger partial charge in [-0.2, -0.15) is 0 Å². The summed E-state index contributed by atoms with van der Waals surface area (Å²) < 4.78 is 13.8. The zero-order valence-electron chi connectivity index (χ0n) is 14.4. The van der Waals surface area contributed by atoms with E-state index in [0.29, 0.717) is 26.3 Å². The van der Waals surface area contributed by atoms with Crippen LogP contribution >= 0.6 is 0 Å². The summed E-state index contributed by atoms with van der Waals surface area (Å²) >= 11 is 0. The zero-order chi connectivity index (χ0) is 16.9. The van der Waals surface area contributed by atoms with Crippen LogP contribution in [0.3, 0.4) is 0 Å².